The number of benzene rings is 3. The minimum atomic E-state index is -0.196. The van der Waals surface area contributed by atoms with Gasteiger partial charge in [-0.05, 0) is 52.1 Å². The number of aryl methyl sites for hydroxylation is 1. The zero-order valence-electron chi connectivity index (χ0n) is 11.6. The molecule has 3 rings (SSSR count). The highest BCUT2D eigenvalue weighted by atomic mass is 19.1. The topological polar surface area (TPSA) is 0 Å². The van der Waals surface area contributed by atoms with Gasteiger partial charge in [0.15, 0.2) is 0 Å². The van der Waals surface area contributed by atoms with Crippen molar-refractivity contribution in [3.8, 4) is 11.1 Å². The van der Waals surface area contributed by atoms with Crippen LogP contribution in [0.2, 0.25) is 0 Å². The van der Waals surface area contributed by atoms with Gasteiger partial charge in [0.05, 0.1) is 0 Å². The first-order valence-corrected chi connectivity index (χ1v) is 7.05. The zero-order valence-corrected chi connectivity index (χ0v) is 11.6. The minimum absolute atomic E-state index is 0.196. The van der Waals surface area contributed by atoms with Gasteiger partial charge in [0.2, 0.25) is 0 Å². The van der Waals surface area contributed by atoms with E-state index in [4.69, 9.17) is 0 Å². The standard InChI is InChI=1S/C19H17F/c1-2-3-14-4-5-18-13-17(7-6-16(18)12-14)15-8-10-19(20)11-9-15/h4-13H,2-3H2,1H3. The molecule has 0 heterocycles. The van der Waals surface area contributed by atoms with E-state index in [1.165, 1.54) is 34.9 Å². The average molecular weight is 264 g/mol. The van der Waals surface area contributed by atoms with Gasteiger partial charge in [0, 0.05) is 0 Å². The van der Waals surface area contributed by atoms with Gasteiger partial charge in [-0.1, -0.05) is 55.8 Å². The second-order valence-corrected chi connectivity index (χ2v) is 5.15. The first-order valence-electron chi connectivity index (χ1n) is 7.05. The Hall–Kier alpha value is -2.15. The predicted molar refractivity (Wildman–Crippen MR) is 83.3 cm³/mol. The van der Waals surface area contributed by atoms with E-state index in [2.05, 4.69) is 43.3 Å². The lowest BCUT2D eigenvalue weighted by Crippen LogP contribution is -1.84. The molecule has 0 aromatic heterocycles. The molecule has 0 unspecified atom stereocenters. The molecule has 3 aromatic carbocycles. The van der Waals surface area contributed by atoms with Gasteiger partial charge in [-0.15, -0.1) is 0 Å². The molecule has 0 nitrogen and oxygen atoms in total. The summed E-state index contributed by atoms with van der Waals surface area (Å²) in [5, 5.41) is 2.49. The predicted octanol–water partition coefficient (Wildman–Crippen LogP) is 5.60. The fourth-order valence-corrected chi connectivity index (χ4v) is 2.56. The molecule has 0 aliphatic rings. The van der Waals surface area contributed by atoms with Crippen LogP contribution in [0, 0.1) is 5.82 Å². The first kappa shape index (κ1) is 12.9. The van der Waals surface area contributed by atoms with Gasteiger partial charge in [-0.25, -0.2) is 4.39 Å². The molecule has 0 radical (unpaired) electrons. The van der Waals surface area contributed by atoms with Crippen molar-refractivity contribution in [3.05, 3.63) is 72.0 Å². The molecule has 0 saturated carbocycles. The number of hydrogen-bond donors (Lipinski definition) is 0. The summed E-state index contributed by atoms with van der Waals surface area (Å²) >= 11 is 0. The van der Waals surface area contributed by atoms with Gasteiger partial charge >= 0.3 is 0 Å². The summed E-state index contributed by atoms with van der Waals surface area (Å²) in [6, 6.07) is 19.7. The Bertz CT molecular complexity index is 726. The maximum Gasteiger partial charge on any atom is 0.123 e. The maximum absolute atomic E-state index is 13.0. The number of hydrogen-bond acceptors (Lipinski definition) is 0. The van der Waals surface area contributed by atoms with Crippen LogP contribution in [-0.4, -0.2) is 0 Å². The van der Waals surface area contributed by atoms with E-state index in [9.17, 15) is 4.39 Å². The van der Waals surface area contributed by atoms with Gasteiger partial charge in [-0.3, -0.25) is 0 Å². The molecular formula is C19H17F. The molecule has 0 aliphatic heterocycles. The highest BCUT2D eigenvalue weighted by molar-refractivity contribution is 5.87. The third kappa shape index (κ3) is 2.57. The van der Waals surface area contributed by atoms with Crippen LogP contribution in [0.1, 0.15) is 18.9 Å². The zero-order chi connectivity index (χ0) is 13.9. The normalized spacial score (nSPS) is 10.9. The lowest BCUT2D eigenvalue weighted by molar-refractivity contribution is 0.628. The molecule has 0 amide bonds. The number of rotatable bonds is 3. The molecular weight excluding hydrogens is 247 g/mol. The third-order valence-electron chi connectivity index (χ3n) is 3.62. The van der Waals surface area contributed by atoms with E-state index < -0.39 is 0 Å². The van der Waals surface area contributed by atoms with Crippen LogP contribution in [0.4, 0.5) is 4.39 Å². The summed E-state index contributed by atoms with van der Waals surface area (Å²) in [6.45, 7) is 2.20. The van der Waals surface area contributed by atoms with E-state index in [1.807, 2.05) is 12.1 Å². The molecule has 0 spiro atoms. The molecule has 0 fully saturated rings. The van der Waals surface area contributed by atoms with Crippen molar-refractivity contribution in [3.63, 3.8) is 0 Å². The summed E-state index contributed by atoms with van der Waals surface area (Å²) < 4.78 is 13.0. The Morgan fingerprint density at radius 2 is 1.40 bits per heavy atom. The fourth-order valence-electron chi connectivity index (χ4n) is 2.56. The fraction of sp³-hybridized carbons (Fsp3) is 0.158. The van der Waals surface area contributed by atoms with Crippen molar-refractivity contribution in [2.45, 2.75) is 19.8 Å². The molecule has 100 valence electrons. The minimum Gasteiger partial charge on any atom is -0.207 e. The Morgan fingerprint density at radius 3 is 2.15 bits per heavy atom. The summed E-state index contributed by atoms with van der Waals surface area (Å²) in [5.41, 5.74) is 3.56. The molecule has 0 N–H and O–H groups in total. The monoisotopic (exact) mass is 264 g/mol. The van der Waals surface area contributed by atoms with Gasteiger partial charge in [-0.2, -0.15) is 0 Å². The maximum atomic E-state index is 13.0. The van der Waals surface area contributed by atoms with Crippen LogP contribution < -0.4 is 0 Å². The Kier molecular flexibility index (Phi) is 3.51. The Labute approximate surface area is 118 Å². The van der Waals surface area contributed by atoms with Crippen molar-refractivity contribution in [1.82, 2.24) is 0 Å². The van der Waals surface area contributed by atoms with Gasteiger partial charge in [0.25, 0.3) is 0 Å². The van der Waals surface area contributed by atoms with E-state index in [0.717, 1.165) is 17.5 Å². The van der Waals surface area contributed by atoms with Crippen molar-refractivity contribution in [2.75, 3.05) is 0 Å². The molecule has 3 aromatic rings. The van der Waals surface area contributed by atoms with Gasteiger partial charge in [0.1, 0.15) is 5.82 Å². The highest BCUT2D eigenvalue weighted by Crippen LogP contribution is 2.25. The second-order valence-electron chi connectivity index (χ2n) is 5.15. The molecule has 20 heavy (non-hydrogen) atoms. The van der Waals surface area contributed by atoms with Crippen LogP contribution in [0.25, 0.3) is 21.9 Å². The van der Waals surface area contributed by atoms with E-state index in [-0.39, 0.29) is 5.82 Å². The van der Waals surface area contributed by atoms with Crippen molar-refractivity contribution < 1.29 is 4.39 Å². The van der Waals surface area contributed by atoms with E-state index in [0.29, 0.717) is 0 Å². The van der Waals surface area contributed by atoms with Crippen LogP contribution in [0.5, 0.6) is 0 Å². The number of fused-ring (bicyclic) bond motifs is 1. The first-order chi connectivity index (χ1) is 9.76. The number of halogens is 1. The largest absolute Gasteiger partial charge is 0.207 e. The second kappa shape index (κ2) is 5.46. The van der Waals surface area contributed by atoms with Crippen molar-refractivity contribution >= 4 is 10.8 Å². The third-order valence-corrected chi connectivity index (χ3v) is 3.62. The lowest BCUT2D eigenvalue weighted by Gasteiger charge is -2.06. The summed E-state index contributed by atoms with van der Waals surface area (Å²) in [6.07, 6.45) is 2.29. The van der Waals surface area contributed by atoms with Crippen LogP contribution in [-0.2, 0) is 6.42 Å². The molecule has 0 saturated heterocycles. The average Bonchev–Trinajstić information content (AvgIpc) is 2.48. The summed E-state index contributed by atoms with van der Waals surface area (Å²) in [7, 11) is 0. The summed E-state index contributed by atoms with van der Waals surface area (Å²) in [5.74, 6) is -0.196. The van der Waals surface area contributed by atoms with Crippen LogP contribution in [0.15, 0.2) is 60.7 Å². The Balaban J connectivity index is 2.02. The van der Waals surface area contributed by atoms with Crippen LogP contribution in [0.3, 0.4) is 0 Å². The quantitative estimate of drug-likeness (QED) is 0.577. The lowest BCUT2D eigenvalue weighted by atomic mass is 9.99. The SMILES string of the molecule is CCCc1ccc2cc(-c3ccc(F)cc3)ccc2c1. The van der Waals surface area contributed by atoms with Gasteiger partial charge < -0.3 is 0 Å². The summed E-state index contributed by atoms with van der Waals surface area (Å²) in [4.78, 5) is 0. The van der Waals surface area contributed by atoms with Crippen molar-refractivity contribution in [2.24, 2.45) is 0 Å². The van der Waals surface area contributed by atoms with Crippen LogP contribution >= 0.6 is 0 Å². The van der Waals surface area contributed by atoms with E-state index >= 15 is 0 Å². The molecule has 0 aliphatic carbocycles. The molecule has 0 atom stereocenters. The highest BCUT2D eigenvalue weighted by Gasteiger charge is 2.01. The van der Waals surface area contributed by atoms with Crippen molar-refractivity contribution in [1.29, 1.82) is 0 Å². The molecule has 0 bridgehead atoms. The van der Waals surface area contributed by atoms with E-state index in [1.54, 1.807) is 0 Å². The smallest absolute Gasteiger partial charge is 0.123 e. The Morgan fingerprint density at radius 1 is 0.750 bits per heavy atom. The molecule has 1 heteroatoms.